The van der Waals surface area contributed by atoms with Gasteiger partial charge in [0.25, 0.3) is 0 Å². The van der Waals surface area contributed by atoms with Crippen molar-refractivity contribution in [2.45, 2.75) is 24.7 Å². The van der Waals surface area contributed by atoms with Gasteiger partial charge in [-0.15, -0.1) is 0 Å². The monoisotopic (exact) mass is 278 g/mol. The summed E-state index contributed by atoms with van der Waals surface area (Å²) in [4.78, 5) is 0.835. The Morgan fingerprint density at radius 2 is 1.89 bits per heavy atom. The van der Waals surface area contributed by atoms with Gasteiger partial charge < -0.3 is 4.55 Å². The van der Waals surface area contributed by atoms with Crippen molar-refractivity contribution < 1.29 is 4.55 Å². The molecule has 0 unspecified atom stereocenters. The van der Waals surface area contributed by atoms with Crippen LogP contribution in [0.5, 0.6) is 0 Å². The Bertz CT molecular complexity index is 552. The highest BCUT2D eigenvalue weighted by Crippen LogP contribution is 2.33. The first kappa shape index (κ1) is 13.5. The summed E-state index contributed by atoms with van der Waals surface area (Å²) < 4.78 is 9.13. The van der Waals surface area contributed by atoms with Gasteiger partial charge in [0.2, 0.25) is 0 Å². The minimum Gasteiger partial charge on any atom is -0.325 e. The molecule has 0 aliphatic carbocycles. The van der Waals surface area contributed by atoms with Gasteiger partial charge >= 0.3 is 0 Å². The molecule has 1 N–H and O–H groups in total. The van der Waals surface area contributed by atoms with Crippen LogP contribution in [-0.4, -0.2) is 4.55 Å². The Morgan fingerprint density at radius 1 is 1.11 bits per heavy atom. The van der Waals surface area contributed by atoms with E-state index >= 15 is 0 Å². The standard InChI is InChI=1S/C15H15ClOS/c1-10(2)14-7-6-12(16)9-15(14)11-4-3-5-13(8-11)18-17/h3-10,17H,1-2H3. The van der Waals surface area contributed by atoms with Gasteiger partial charge in [-0.05, 0) is 46.9 Å². The third kappa shape index (κ3) is 2.89. The molecule has 0 aliphatic rings. The van der Waals surface area contributed by atoms with Crippen molar-refractivity contribution in [1.29, 1.82) is 0 Å². The van der Waals surface area contributed by atoms with Crippen LogP contribution >= 0.6 is 23.6 Å². The van der Waals surface area contributed by atoms with Gasteiger partial charge in [-0.1, -0.05) is 43.6 Å². The highest BCUT2D eigenvalue weighted by Gasteiger charge is 2.09. The largest absolute Gasteiger partial charge is 0.325 e. The van der Waals surface area contributed by atoms with E-state index in [1.165, 1.54) is 5.56 Å². The lowest BCUT2D eigenvalue weighted by Crippen LogP contribution is -1.92. The lowest BCUT2D eigenvalue weighted by atomic mass is 9.93. The molecule has 3 heteroatoms. The number of hydrogen-bond acceptors (Lipinski definition) is 2. The average molecular weight is 279 g/mol. The maximum atomic E-state index is 9.13. The van der Waals surface area contributed by atoms with Gasteiger partial charge in [-0.3, -0.25) is 0 Å². The fraction of sp³-hybridized carbons (Fsp3) is 0.200. The lowest BCUT2D eigenvalue weighted by Gasteiger charge is -2.14. The van der Waals surface area contributed by atoms with E-state index in [-0.39, 0.29) is 0 Å². The van der Waals surface area contributed by atoms with Crippen LogP contribution in [0.3, 0.4) is 0 Å². The number of rotatable bonds is 3. The summed E-state index contributed by atoms with van der Waals surface area (Å²) in [5.74, 6) is 0.433. The summed E-state index contributed by atoms with van der Waals surface area (Å²) in [6, 6.07) is 13.8. The van der Waals surface area contributed by atoms with E-state index in [0.717, 1.165) is 33.1 Å². The number of halogens is 1. The maximum Gasteiger partial charge on any atom is 0.0412 e. The van der Waals surface area contributed by atoms with Crippen molar-refractivity contribution in [2.24, 2.45) is 0 Å². The van der Waals surface area contributed by atoms with Crippen molar-refractivity contribution >= 4 is 23.6 Å². The van der Waals surface area contributed by atoms with Gasteiger partial charge in [0.05, 0.1) is 0 Å². The predicted molar refractivity (Wildman–Crippen MR) is 79.5 cm³/mol. The van der Waals surface area contributed by atoms with Crippen LogP contribution in [0, 0.1) is 0 Å². The third-order valence-electron chi connectivity index (χ3n) is 2.89. The quantitative estimate of drug-likeness (QED) is 0.727. The molecule has 2 aromatic rings. The van der Waals surface area contributed by atoms with Crippen molar-refractivity contribution in [1.82, 2.24) is 0 Å². The van der Waals surface area contributed by atoms with Crippen molar-refractivity contribution in [3.05, 3.63) is 53.1 Å². The molecule has 0 bridgehead atoms. The van der Waals surface area contributed by atoms with Gasteiger partial charge in [0.1, 0.15) is 0 Å². The van der Waals surface area contributed by atoms with Crippen LogP contribution in [-0.2, 0) is 0 Å². The normalized spacial score (nSPS) is 10.9. The van der Waals surface area contributed by atoms with E-state index in [0.29, 0.717) is 5.92 Å². The molecule has 0 fully saturated rings. The second kappa shape index (κ2) is 5.79. The Kier molecular flexibility index (Phi) is 4.33. The van der Waals surface area contributed by atoms with E-state index in [4.69, 9.17) is 16.2 Å². The molecule has 2 aromatic carbocycles. The molecule has 0 saturated carbocycles. The fourth-order valence-electron chi connectivity index (χ4n) is 2.00. The summed E-state index contributed by atoms with van der Waals surface area (Å²) in [6.07, 6.45) is 0. The van der Waals surface area contributed by atoms with E-state index < -0.39 is 0 Å². The molecule has 0 atom stereocenters. The molecule has 0 spiro atoms. The summed E-state index contributed by atoms with van der Waals surface area (Å²) in [5, 5.41) is 0.733. The third-order valence-corrected chi connectivity index (χ3v) is 3.59. The first-order valence-corrected chi connectivity index (χ1v) is 6.98. The van der Waals surface area contributed by atoms with Crippen LogP contribution in [0.25, 0.3) is 11.1 Å². The van der Waals surface area contributed by atoms with E-state index in [1.807, 2.05) is 36.4 Å². The van der Waals surface area contributed by atoms with Crippen LogP contribution < -0.4 is 0 Å². The molecule has 0 aromatic heterocycles. The number of hydrogen-bond donors (Lipinski definition) is 1. The highest BCUT2D eigenvalue weighted by molar-refractivity contribution is 7.93. The Balaban J connectivity index is 2.57. The zero-order chi connectivity index (χ0) is 13.1. The van der Waals surface area contributed by atoms with Gasteiger partial charge in [-0.2, -0.15) is 0 Å². The van der Waals surface area contributed by atoms with Crippen LogP contribution in [0.15, 0.2) is 47.4 Å². The van der Waals surface area contributed by atoms with Crippen LogP contribution in [0.4, 0.5) is 0 Å². The fourth-order valence-corrected chi connectivity index (χ4v) is 2.49. The van der Waals surface area contributed by atoms with E-state index in [1.54, 1.807) is 0 Å². The Morgan fingerprint density at radius 3 is 2.56 bits per heavy atom. The zero-order valence-corrected chi connectivity index (χ0v) is 11.9. The molecule has 94 valence electrons. The van der Waals surface area contributed by atoms with Crippen molar-refractivity contribution in [2.75, 3.05) is 0 Å². The predicted octanol–water partition coefficient (Wildman–Crippen LogP) is 5.70. The minimum atomic E-state index is 0.433. The summed E-state index contributed by atoms with van der Waals surface area (Å²) >= 11 is 6.85. The summed E-state index contributed by atoms with van der Waals surface area (Å²) in [5.41, 5.74) is 3.48. The van der Waals surface area contributed by atoms with E-state index in [2.05, 4.69) is 19.9 Å². The second-order valence-electron chi connectivity index (χ2n) is 4.51. The molecule has 0 aliphatic heterocycles. The first-order valence-electron chi connectivity index (χ1n) is 5.83. The maximum absolute atomic E-state index is 9.13. The average Bonchev–Trinajstić information content (AvgIpc) is 2.38. The molecule has 0 amide bonds. The molecule has 0 heterocycles. The molecular formula is C15H15ClOS. The van der Waals surface area contributed by atoms with Gasteiger partial charge in [0, 0.05) is 22.0 Å². The van der Waals surface area contributed by atoms with Crippen LogP contribution in [0.2, 0.25) is 5.02 Å². The van der Waals surface area contributed by atoms with Crippen LogP contribution in [0.1, 0.15) is 25.3 Å². The van der Waals surface area contributed by atoms with E-state index in [9.17, 15) is 0 Å². The Labute approximate surface area is 117 Å². The molecule has 0 saturated heterocycles. The minimum absolute atomic E-state index is 0.433. The lowest BCUT2D eigenvalue weighted by molar-refractivity contribution is 0.664. The Hall–Kier alpha value is -0.960. The highest BCUT2D eigenvalue weighted by atomic mass is 35.5. The molecule has 0 radical (unpaired) electrons. The smallest absolute Gasteiger partial charge is 0.0412 e. The molecular weight excluding hydrogens is 264 g/mol. The second-order valence-corrected chi connectivity index (χ2v) is 5.60. The van der Waals surface area contributed by atoms with Gasteiger partial charge in [-0.25, -0.2) is 0 Å². The topological polar surface area (TPSA) is 20.2 Å². The molecule has 18 heavy (non-hydrogen) atoms. The summed E-state index contributed by atoms with van der Waals surface area (Å²) in [6.45, 7) is 4.33. The van der Waals surface area contributed by atoms with Gasteiger partial charge in [0.15, 0.2) is 0 Å². The summed E-state index contributed by atoms with van der Waals surface area (Å²) in [7, 11) is 0. The van der Waals surface area contributed by atoms with Crippen molar-refractivity contribution in [3.63, 3.8) is 0 Å². The zero-order valence-electron chi connectivity index (χ0n) is 10.4. The molecule has 1 nitrogen and oxygen atoms in total. The van der Waals surface area contributed by atoms with Crippen molar-refractivity contribution in [3.8, 4) is 11.1 Å². The molecule has 2 rings (SSSR count). The first-order chi connectivity index (χ1) is 8.61. The number of benzene rings is 2. The SMILES string of the molecule is CC(C)c1ccc(Cl)cc1-c1cccc(SO)c1.